The summed E-state index contributed by atoms with van der Waals surface area (Å²) in [5, 5.41) is 10.3. The van der Waals surface area contributed by atoms with Gasteiger partial charge in [0.1, 0.15) is 5.82 Å². The number of carbonyl (C=O) groups is 1. The van der Waals surface area contributed by atoms with E-state index in [1.165, 1.54) is 18.2 Å². The van der Waals surface area contributed by atoms with Crippen molar-refractivity contribution < 1.29 is 18.7 Å². The smallest absolute Gasteiger partial charge is 0.258 e. The lowest BCUT2D eigenvalue weighted by Crippen LogP contribution is -2.36. The summed E-state index contributed by atoms with van der Waals surface area (Å²) in [5.41, 5.74) is 3.68. The minimum Gasteiger partial charge on any atom is -0.454 e. The number of benzene rings is 2. The standard InChI is InChI=1S/C23H23ClFN5O3/c1-4-30-14(3)17(13(2)29-30)11-26-23(27-16-6-7-19(25)18(24)10-16)28-22(31)15-5-8-20-21(9-15)33-12-32-20/h5-10H,4,11-12H2,1-3H3,(H2,26,27,28,31). The number of fused-ring (bicyclic) bond motifs is 1. The topological polar surface area (TPSA) is 89.8 Å². The molecule has 0 saturated heterocycles. The predicted molar refractivity (Wildman–Crippen MR) is 124 cm³/mol. The number of hydrogen-bond donors (Lipinski definition) is 2. The highest BCUT2D eigenvalue weighted by Crippen LogP contribution is 2.32. The van der Waals surface area contributed by atoms with Gasteiger partial charge in [-0.2, -0.15) is 5.10 Å². The molecule has 0 spiro atoms. The molecule has 0 aliphatic carbocycles. The van der Waals surface area contributed by atoms with Gasteiger partial charge in [-0.1, -0.05) is 11.6 Å². The Hall–Kier alpha value is -3.59. The molecule has 1 amide bonds. The summed E-state index contributed by atoms with van der Waals surface area (Å²) >= 11 is 5.91. The Bertz CT molecular complexity index is 1240. The highest BCUT2D eigenvalue weighted by molar-refractivity contribution is 6.31. The predicted octanol–water partition coefficient (Wildman–Crippen LogP) is 4.44. The first-order valence-electron chi connectivity index (χ1n) is 10.4. The van der Waals surface area contributed by atoms with E-state index >= 15 is 0 Å². The maximum absolute atomic E-state index is 13.6. The van der Waals surface area contributed by atoms with Gasteiger partial charge in [0.05, 0.1) is 17.3 Å². The summed E-state index contributed by atoms with van der Waals surface area (Å²) in [5.74, 6) is 0.327. The molecule has 8 nitrogen and oxygen atoms in total. The van der Waals surface area contributed by atoms with Crippen LogP contribution in [-0.4, -0.2) is 28.4 Å². The Balaban J connectivity index is 1.60. The molecule has 1 aliphatic rings. The van der Waals surface area contributed by atoms with Crippen molar-refractivity contribution in [1.82, 2.24) is 15.1 Å². The molecular formula is C23H23ClFN5O3. The summed E-state index contributed by atoms with van der Waals surface area (Å²) < 4.78 is 26.1. The van der Waals surface area contributed by atoms with Crippen molar-refractivity contribution in [3.63, 3.8) is 0 Å². The summed E-state index contributed by atoms with van der Waals surface area (Å²) in [6.07, 6.45) is 0. The zero-order valence-corrected chi connectivity index (χ0v) is 19.2. The van der Waals surface area contributed by atoms with Crippen LogP contribution in [0.2, 0.25) is 5.02 Å². The van der Waals surface area contributed by atoms with Gasteiger partial charge in [-0.15, -0.1) is 0 Å². The molecule has 10 heteroatoms. The highest BCUT2D eigenvalue weighted by atomic mass is 35.5. The van der Waals surface area contributed by atoms with Gasteiger partial charge in [-0.05, 0) is 57.2 Å². The number of aromatic nitrogens is 2. The minimum absolute atomic E-state index is 0.0441. The Kier molecular flexibility index (Phi) is 6.50. The molecule has 3 aromatic rings. The van der Waals surface area contributed by atoms with Crippen molar-refractivity contribution in [3.05, 3.63) is 69.8 Å². The van der Waals surface area contributed by atoms with Crippen molar-refractivity contribution in [2.45, 2.75) is 33.9 Å². The number of guanidine groups is 1. The average Bonchev–Trinajstić information content (AvgIpc) is 3.37. The van der Waals surface area contributed by atoms with Crippen LogP contribution in [0.3, 0.4) is 0 Å². The van der Waals surface area contributed by atoms with Gasteiger partial charge in [0, 0.05) is 29.1 Å². The number of hydrogen-bond acceptors (Lipinski definition) is 5. The normalized spacial score (nSPS) is 12.7. The summed E-state index contributed by atoms with van der Waals surface area (Å²) in [6.45, 7) is 7.06. The number of nitrogens with zero attached hydrogens (tertiary/aromatic N) is 3. The number of nitrogens with one attached hydrogen (secondary N) is 2. The van der Waals surface area contributed by atoms with Crippen LogP contribution in [0.15, 0.2) is 41.4 Å². The van der Waals surface area contributed by atoms with E-state index in [0.29, 0.717) is 22.7 Å². The second kappa shape index (κ2) is 9.50. The largest absolute Gasteiger partial charge is 0.454 e. The number of aliphatic imine (C=N–C) groups is 1. The first kappa shape index (κ1) is 22.6. The summed E-state index contributed by atoms with van der Waals surface area (Å²) in [4.78, 5) is 17.5. The van der Waals surface area contributed by atoms with Gasteiger partial charge >= 0.3 is 0 Å². The van der Waals surface area contributed by atoms with E-state index in [1.54, 1.807) is 18.2 Å². The Morgan fingerprint density at radius 2 is 2.00 bits per heavy atom. The van der Waals surface area contributed by atoms with Gasteiger partial charge < -0.3 is 14.8 Å². The number of halogens is 2. The molecule has 0 unspecified atom stereocenters. The molecule has 2 aromatic carbocycles. The van der Waals surface area contributed by atoms with Crippen LogP contribution >= 0.6 is 11.6 Å². The molecule has 0 saturated carbocycles. The summed E-state index contributed by atoms with van der Waals surface area (Å²) in [6, 6.07) is 9.08. The second-order valence-electron chi connectivity index (χ2n) is 7.41. The van der Waals surface area contributed by atoms with Crippen molar-refractivity contribution in [1.29, 1.82) is 0 Å². The third-order valence-electron chi connectivity index (χ3n) is 5.28. The number of aryl methyl sites for hydroxylation is 2. The first-order chi connectivity index (χ1) is 15.9. The molecule has 2 heterocycles. The molecule has 0 atom stereocenters. The SMILES string of the molecule is CCn1nc(C)c(CN=C(NC(=O)c2ccc3c(c2)OCO3)Nc2ccc(F)c(Cl)c2)c1C. The number of anilines is 1. The molecule has 172 valence electrons. The molecular weight excluding hydrogens is 449 g/mol. The highest BCUT2D eigenvalue weighted by Gasteiger charge is 2.18. The lowest BCUT2D eigenvalue weighted by Gasteiger charge is -2.13. The Labute approximate surface area is 195 Å². The first-order valence-corrected chi connectivity index (χ1v) is 10.7. The van der Waals surface area contributed by atoms with E-state index < -0.39 is 11.7 Å². The van der Waals surface area contributed by atoms with Crippen LogP contribution in [-0.2, 0) is 13.1 Å². The van der Waals surface area contributed by atoms with Gasteiger partial charge in [0.25, 0.3) is 5.91 Å². The van der Waals surface area contributed by atoms with Crippen molar-refractivity contribution >= 4 is 29.2 Å². The number of ether oxygens (including phenoxy) is 2. The number of amides is 1. The minimum atomic E-state index is -0.539. The van der Waals surface area contributed by atoms with Gasteiger partial charge in [-0.25, -0.2) is 9.38 Å². The average molecular weight is 472 g/mol. The number of rotatable bonds is 5. The fraction of sp³-hybridized carbons (Fsp3) is 0.261. The van der Waals surface area contributed by atoms with Crippen LogP contribution in [0.4, 0.5) is 10.1 Å². The molecule has 2 N–H and O–H groups in total. The number of carbonyl (C=O) groups excluding carboxylic acids is 1. The second-order valence-corrected chi connectivity index (χ2v) is 7.81. The zero-order chi connectivity index (χ0) is 23.5. The molecule has 1 aliphatic heterocycles. The van der Waals surface area contributed by atoms with E-state index in [2.05, 4.69) is 20.7 Å². The van der Waals surface area contributed by atoms with Gasteiger partial charge in [0.2, 0.25) is 12.8 Å². The monoisotopic (exact) mass is 471 g/mol. The molecule has 0 radical (unpaired) electrons. The van der Waals surface area contributed by atoms with Crippen LogP contribution in [0.25, 0.3) is 0 Å². The fourth-order valence-electron chi connectivity index (χ4n) is 3.47. The van der Waals surface area contributed by atoms with E-state index in [4.69, 9.17) is 21.1 Å². The maximum atomic E-state index is 13.6. The van der Waals surface area contributed by atoms with Crippen LogP contribution in [0.5, 0.6) is 11.5 Å². The van der Waals surface area contributed by atoms with E-state index in [0.717, 1.165) is 23.5 Å². The van der Waals surface area contributed by atoms with E-state index in [-0.39, 0.29) is 24.3 Å². The van der Waals surface area contributed by atoms with Crippen molar-refractivity contribution in [2.24, 2.45) is 4.99 Å². The maximum Gasteiger partial charge on any atom is 0.258 e. The third kappa shape index (κ3) is 4.93. The van der Waals surface area contributed by atoms with Crippen molar-refractivity contribution in [3.8, 4) is 11.5 Å². The van der Waals surface area contributed by atoms with Crippen molar-refractivity contribution in [2.75, 3.05) is 12.1 Å². The van der Waals surface area contributed by atoms with Crippen LogP contribution in [0.1, 0.15) is 34.2 Å². The Morgan fingerprint density at radius 1 is 1.21 bits per heavy atom. The molecule has 33 heavy (non-hydrogen) atoms. The van der Waals surface area contributed by atoms with Gasteiger partial charge in [0.15, 0.2) is 11.5 Å². The fourth-order valence-corrected chi connectivity index (χ4v) is 3.65. The quantitative estimate of drug-likeness (QED) is 0.424. The lowest BCUT2D eigenvalue weighted by molar-refractivity contribution is 0.0976. The molecule has 0 fully saturated rings. The molecule has 0 bridgehead atoms. The Morgan fingerprint density at radius 3 is 2.73 bits per heavy atom. The molecule has 1 aromatic heterocycles. The molecule has 4 rings (SSSR count). The third-order valence-corrected chi connectivity index (χ3v) is 5.56. The van der Waals surface area contributed by atoms with Crippen LogP contribution in [0, 0.1) is 19.7 Å². The van der Waals surface area contributed by atoms with Crippen LogP contribution < -0.4 is 20.1 Å². The van der Waals surface area contributed by atoms with Gasteiger partial charge in [-0.3, -0.25) is 14.8 Å². The summed E-state index contributed by atoms with van der Waals surface area (Å²) in [7, 11) is 0. The van der Waals surface area contributed by atoms with E-state index in [1.807, 2.05) is 25.5 Å². The zero-order valence-electron chi connectivity index (χ0n) is 18.4. The lowest BCUT2D eigenvalue weighted by atomic mass is 10.2. The van der Waals surface area contributed by atoms with E-state index in [9.17, 15) is 9.18 Å².